The lowest BCUT2D eigenvalue weighted by Crippen LogP contribution is -2.38. The molecule has 16 heavy (non-hydrogen) atoms. The molecule has 0 bridgehead atoms. The molecule has 2 nitrogen and oxygen atoms in total. The fourth-order valence-corrected chi connectivity index (χ4v) is 3.57. The lowest BCUT2D eigenvalue weighted by molar-refractivity contribution is 0.199. The van der Waals surface area contributed by atoms with Crippen LogP contribution in [0.25, 0.3) is 0 Å². The first kappa shape index (κ1) is 12.4. The van der Waals surface area contributed by atoms with E-state index in [1.165, 1.54) is 10.4 Å². The van der Waals surface area contributed by atoms with Gasteiger partial charge in [-0.25, -0.2) is 0 Å². The Morgan fingerprint density at radius 3 is 3.00 bits per heavy atom. The monoisotopic (exact) mass is 259 g/mol. The number of fused-ring (bicyclic) bond motifs is 1. The highest BCUT2D eigenvalue weighted by Crippen LogP contribution is 2.39. The Bertz CT molecular complexity index is 364. The SMILES string of the molecule is CC(C)[C@@H](CO)NC1CCc2sc(Cl)cc21. The molecule has 1 aromatic heterocycles. The molecule has 2 N–H and O–H groups in total. The van der Waals surface area contributed by atoms with E-state index >= 15 is 0 Å². The topological polar surface area (TPSA) is 32.3 Å². The fourth-order valence-electron chi connectivity index (χ4n) is 2.22. The van der Waals surface area contributed by atoms with Gasteiger partial charge in [0.15, 0.2) is 0 Å². The molecule has 0 spiro atoms. The molecule has 0 amide bonds. The second kappa shape index (κ2) is 5.05. The van der Waals surface area contributed by atoms with Crippen molar-refractivity contribution in [3.05, 3.63) is 20.8 Å². The molecule has 2 rings (SSSR count). The smallest absolute Gasteiger partial charge is 0.0934 e. The first-order valence-corrected chi connectivity index (χ1v) is 6.96. The van der Waals surface area contributed by atoms with Crippen molar-refractivity contribution in [3.63, 3.8) is 0 Å². The number of aliphatic hydroxyl groups is 1. The Hall–Kier alpha value is -0.0900. The summed E-state index contributed by atoms with van der Waals surface area (Å²) in [4.78, 5) is 1.41. The predicted molar refractivity (Wildman–Crippen MR) is 69.2 cm³/mol. The van der Waals surface area contributed by atoms with Crippen LogP contribution in [0.15, 0.2) is 6.07 Å². The third-order valence-corrected chi connectivity index (χ3v) is 4.60. The van der Waals surface area contributed by atoms with Crippen LogP contribution in [0.5, 0.6) is 0 Å². The molecule has 0 aromatic carbocycles. The Morgan fingerprint density at radius 1 is 1.62 bits per heavy atom. The zero-order valence-electron chi connectivity index (χ0n) is 9.66. The molecule has 0 fully saturated rings. The molecular weight excluding hydrogens is 242 g/mol. The van der Waals surface area contributed by atoms with Crippen LogP contribution in [-0.4, -0.2) is 17.8 Å². The highest BCUT2D eigenvalue weighted by molar-refractivity contribution is 7.16. The lowest BCUT2D eigenvalue weighted by Gasteiger charge is -2.24. The average molecular weight is 260 g/mol. The van der Waals surface area contributed by atoms with Gasteiger partial charge in [-0.2, -0.15) is 0 Å². The number of hydrogen-bond donors (Lipinski definition) is 2. The summed E-state index contributed by atoms with van der Waals surface area (Å²) >= 11 is 7.70. The van der Waals surface area contributed by atoms with Gasteiger partial charge >= 0.3 is 0 Å². The van der Waals surface area contributed by atoms with Crippen LogP contribution >= 0.6 is 22.9 Å². The van der Waals surface area contributed by atoms with Gasteiger partial charge in [0.2, 0.25) is 0 Å². The van der Waals surface area contributed by atoms with E-state index < -0.39 is 0 Å². The Kier molecular flexibility index (Phi) is 3.90. The summed E-state index contributed by atoms with van der Waals surface area (Å²) in [5, 5.41) is 12.9. The van der Waals surface area contributed by atoms with E-state index in [1.54, 1.807) is 11.3 Å². The van der Waals surface area contributed by atoms with Gasteiger partial charge in [-0.3, -0.25) is 0 Å². The third kappa shape index (κ3) is 2.43. The minimum Gasteiger partial charge on any atom is -0.395 e. The second-order valence-electron chi connectivity index (χ2n) is 4.72. The highest BCUT2D eigenvalue weighted by atomic mass is 35.5. The van der Waals surface area contributed by atoms with Gasteiger partial charge in [-0.1, -0.05) is 25.4 Å². The van der Waals surface area contributed by atoms with Gasteiger partial charge < -0.3 is 10.4 Å². The van der Waals surface area contributed by atoms with E-state index in [4.69, 9.17) is 11.6 Å². The molecule has 0 radical (unpaired) electrons. The van der Waals surface area contributed by atoms with Gasteiger partial charge in [0, 0.05) is 17.0 Å². The van der Waals surface area contributed by atoms with Crippen LogP contribution < -0.4 is 5.32 Å². The maximum Gasteiger partial charge on any atom is 0.0934 e. The highest BCUT2D eigenvalue weighted by Gasteiger charge is 2.27. The molecule has 90 valence electrons. The molecule has 1 unspecified atom stereocenters. The summed E-state index contributed by atoms with van der Waals surface area (Å²) in [7, 11) is 0. The van der Waals surface area contributed by atoms with Crippen molar-refractivity contribution >= 4 is 22.9 Å². The van der Waals surface area contributed by atoms with Gasteiger partial charge in [0.25, 0.3) is 0 Å². The van der Waals surface area contributed by atoms with Crippen molar-refractivity contribution < 1.29 is 5.11 Å². The zero-order valence-corrected chi connectivity index (χ0v) is 11.2. The third-order valence-electron chi connectivity index (χ3n) is 3.26. The lowest BCUT2D eigenvalue weighted by atomic mass is 10.0. The normalized spacial score (nSPS) is 21.4. The molecule has 2 atom stereocenters. The van der Waals surface area contributed by atoms with Crippen LogP contribution in [0.2, 0.25) is 4.34 Å². The maximum atomic E-state index is 9.32. The Balaban J connectivity index is 2.07. The quantitative estimate of drug-likeness (QED) is 0.871. The predicted octanol–water partition coefficient (Wildman–Crippen LogP) is 3.00. The molecule has 0 saturated heterocycles. The van der Waals surface area contributed by atoms with E-state index in [1.807, 2.05) is 0 Å². The summed E-state index contributed by atoms with van der Waals surface area (Å²) in [6.07, 6.45) is 2.24. The molecule has 0 saturated carbocycles. The fraction of sp³-hybridized carbons (Fsp3) is 0.667. The van der Waals surface area contributed by atoms with E-state index in [0.717, 1.165) is 17.2 Å². The van der Waals surface area contributed by atoms with Gasteiger partial charge in [-0.15, -0.1) is 11.3 Å². The van der Waals surface area contributed by atoms with E-state index in [2.05, 4.69) is 25.2 Å². The van der Waals surface area contributed by atoms with Crippen LogP contribution in [0.1, 0.15) is 36.8 Å². The van der Waals surface area contributed by atoms with Crippen molar-refractivity contribution in [1.29, 1.82) is 0 Å². The van der Waals surface area contributed by atoms with Crippen molar-refractivity contribution in [2.45, 2.75) is 38.8 Å². The average Bonchev–Trinajstić information content (AvgIpc) is 2.73. The molecule has 1 aliphatic rings. The summed E-state index contributed by atoms with van der Waals surface area (Å²) in [6.45, 7) is 4.45. The largest absolute Gasteiger partial charge is 0.395 e. The molecule has 1 aromatic rings. The van der Waals surface area contributed by atoms with Crippen LogP contribution in [-0.2, 0) is 6.42 Å². The number of aliphatic hydroxyl groups excluding tert-OH is 1. The second-order valence-corrected chi connectivity index (χ2v) is 6.49. The van der Waals surface area contributed by atoms with Crippen molar-refractivity contribution in [1.82, 2.24) is 5.32 Å². The minimum absolute atomic E-state index is 0.176. The van der Waals surface area contributed by atoms with Crippen molar-refractivity contribution in [2.24, 2.45) is 5.92 Å². The summed E-state index contributed by atoms with van der Waals surface area (Å²) in [5.41, 5.74) is 1.34. The number of rotatable bonds is 4. The Labute approximate surface area is 106 Å². The number of aryl methyl sites for hydroxylation is 1. The van der Waals surface area contributed by atoms with E-state index in [-0.39, 0.29) is 12.6 Å². The van der Waals surface area contributed by atoms with Gasteiger partial charge in [-0.05, 0) is 30.4 Å². The van der Waals surface area contributed by atoms with Crippen LogP contribution in [0.3, 0.4) is 0 Å². The van der Waals surface area contributed by atoms with Crippen molar-refractivity contribution in [3.8, 4) is 0 Å². The van der Waals surface area contributed by atoms with Crippen LogP contribution in [0.4, 0.5) is 0 Å². The number of hydrogen-bond acceptors (Lipinski definition) is 3. The first-order valence-electron chi connectivity index (χ1n) is 5.76. The number of nitrogens with one attached hydrogen (secondary N) is 1. The van der Waals surface area contributed by atoms with E-state index in [9.17, 15) is 5.11 Å². The Morgan fingerprint density at radius 2 is 2.38 bits per heavy atom. The maximum absolute atomic E-state index is 9.32. The molecule has 0 aliphatic heterocycles. The number of halogens is 1. The molecular formula is C12H18ClNOS. The van der Waals surface area contributed by atoms with E-state index in [0.29, 0.717) is 12.0 Å². The molecule has 1 heterocycles. The van der Waals surface area contributed by atoms with Gasteiger partial charge in [0.1, 0.15) is 0 Å². The first-order chi connectivity index (χ1) is 7.61. The van der Waals surface area contributed by atoms with Crippen LogP contribution in [0, 0.1) is 5.92 Å². The standard InChI is InChI=1S/C12H18ClNOS/c1-7(2)10(6-15)14-9-3-4-11-8(9)5-12(13)16-11/h5,7,9-10,14-15H,3-4,6H2,1-2H3/t9?,10-/m1/s1. The summed E-state index contributed by atoms with van der Waals surface area (Å²) < 4.78 is 0.876. The summed E-state index contributed by atoms with van der Waals surface area (Å²) in [6, 6.07) is 2.62. The van der Waals surface area contributed by atoms with Gasteiger partial charge in [0.05, 0.1) is 10.9 Å². The summed E-state index contributed by atoms with van der Waals surface area (Å²) in [5.74, 6) is 0.447. The molecule has 1 aliphatic carbocycles. The number of thiophene rings is 1. The zero-order chi connectivity index (χ0) is 11.7. The van der Waals surface area contributed by atoms with Crippen molar-refractivity contribution in [2.75, 3.05) is 6.61 Å². The minimum atomic E-state index is 0.176. The molecule has 4 heteroatoms.